The van der Waals surface area contributed by atoms with Gasteiger partial charge in [0.25, 0.3) is 5.91 Å². The largest absolute Gasteiger partial charge is 0.272 e. The van der Waals surface area contributed by atoms with Crippen molar-refractivity contribution in [1.29, 1.82) is 0 Å². The molecule has 0 aliphatic carbocycles. The Morgan fingerprint density at radius 2 is 1.72 bits per heavy atom. The predicted molar refractivity (Wildman–Crippen MR) is 75.6 cm³/mol. The van der Waals surface area contributed by atoms with Gasteiger partial charge in [0.2, 0.25) is 0 Å². The molecule has 0 saturated carbocycles. The van der Waals surface area contributed by atoms with Crippen LogP contribution < -0.4 is 5.43 Å². The van der Waals surface area contributed by atoms with Gasteiger partial charge in [-0.05, 0) is 33.6 Å². The Hall–Kier alpha value is -1.94. The zero-order chi connectivity index (χ0) is 12.8. The van der Waals surface area contributed by atoms with E-state index in [4.69, 9.17) is 0 Å². The average molecular weight is 303 g/mol. The molecule has 0 saturated heterocycles. The van der Waals surface area contributed by atoms with Gasteiger partial charge in [-0.15, -0.1) is 0 Å². The maximum atomic E-state index is 11.8. The van der Waals surface area contributed by atoms with Crippen molar-refractivity contribution in [3.63, 3.8) is 0 Å². The molecule has 0 atom stereocenters. The summed E-state index contributed by atoms with van der Waals surface area (Å²) in [7, 11) is 0. The zero-order valence-electron chi connectivity index (χ0n) is 9.51. The summed E-state index contributed by atoms with van der Waals surface area (Å²) in [6, 6.07) is 16.8. The van der Waals surface area contributed by atoms with Crippen LogP contribution in [0.3, 0.4) is 0 Å². The number of benzene rings is 2. The molecular formula is C14H11BrN2O. The van der Waals surface area contributed by atoms with Gasteiger partial charge in [0, 0.05) is 4.47 Å². The molecular weight excluding hydrogens is 292 g/mol. The molecule has 2 aromatic carbocycles. The SMILES string of the molecule is O=C(NN=Cc1ccccc1)c1ccccc1Br. The summed E-state index contributed by atoms with van der Waals surface area (Å²) >= 11 is 3.32. The van der Waals surface area contributed by atoms with E-state index in [0.717, 1.165) is 10.0 Å². The van der Waals surface area contributed by atoms with E-state index in [0.29, 0.717) is 5.56 Å². The standard InChI is InChI=1S/C14H11BrN2O/c15-13-9-5-4-8-12(13)14(18)17-16-10-11-6-2-1-3-7-11/h1-10H,(H,17,18). The smallest absolute Gasteiger partial charge is 0.267 e. The zero-order valence-corrected chi connectivity index (χ0v) is 11.1. The second-order valence-corrected chi connectivity index (χ2v) is 4.44. The number of rotatable bonds is 3. The molecule has 0 aromatic heterocycles. The third-order valence-corrected chi connectivity index (χ3v) is 2.99. The van der Waals surface area contributed by atoms with E-state index in [1.165, 1.54) is 0 Å². The van der Waals surface area contributed by atoms with E-state index in [1.807, 2.05) is 42.5 Å². The minimum Gasteiger partial charge on any atom is -0.267 e. The summed E-state index contributed by atoms with van der Waals surface area (Å²) in [5, 5.41) is 3.91. The summed E-state index contributed by atoms with van der Waals surface area (Å²) in [5.41, 5.74) is 3.98. The fraction of sp³-hybridized carbons (Fsp3) is 0. The van der Waals surface area contributed by atoms with Crippen molar-refractivity contribution in [1.82, 2.24) is 5.43 Å². The Morgan fingerprint density at radius 3 is 2.44 bits per heavy atom. The first-order valence-corrected chi connectivity index (χ1v) is 6.19. The summed E-state index contributed by atoms with van der Waals surface area (Å²) in [6.45, 7) is 0. The van der Waals surface area contributed by atoms with Gasteiger partial charge < -0.3 is 0 Å². The molecule has 0 heterocycles. The number of carbonyl (C=O) groups excluding carboxylic acids is 1. The Labute approximate surface area is 114 Å². The first-order valence-electron chi connectivity index (χ1n) is 5.40. The minimum absolute atomic E-state index is 0.241. The molecule has 18 heavy (non-hydrogen) atoms. The molecule has 0 aliphatic heterocycles. The highest BCUT2D eigenvalue weighted by Gasteiger charge is 2.07. The molecule has 0 spiro atoms. The fourth-order valence-electron chi connectivity index (χ4n) is 1.41. The van der Waals surface area contributed by atoms with Crippen LogP contribution in [0.5, 0.6) is 0 Å². The number of halogens is 1. The summed E-state index contributed by atoms with van der Waals surface area (Å²) in [4.78, 5) is 11.8. The van der Waals surface area contributed by atoms with E-state index in [-0.39, 0.29) is 5.91 Å². The van der Waals surface area contributed by atoms with Crippen molar-refractivity contribution in [2.45, 2.75) is 0 Å². The molecule has 0 unspecified atom stereocenters. The summed E-state index contributed by atoms with van der Waals surface area (Å²) in [5.74, 6) is -0.241. The molecule has 90 valence electrons. The summed E-state index contributed by atoms with van der Waals surface area (Å²) in [6.07, 6.45) is 1.61. The lowest BCUT2D eigenvalue weighted by atomic mass is 10.2. The normalized spacial score (nSPS) is 10.5. The quantitative estimate of drug-likeness (QED) is 0.686. The topological polar surface area (TPSA) is 41.5 Å². The van der Waals surface area contributed by atoms with Gasteiger partial charge in [-0.2, -0.15) is 5.10 Å². The molecule has 0 aliphatic rings. The Bertz CT molecular complexity index is 567. The number of hydrogen-bond donors (Lipinski definition) is 1. The van der Waals surface area contributed by atoms with Gasteiger partial charge >= 0.3 is 0 Å². The number of hydrazone groups is 1. The van der Waals surface area contributed by atoms with E-state index in [9.17, 15) is 4.79 Å². The predicted octanol–water partition coefficient (Wildman–Crippen LogP) is 3.21. The number of amides is 1. The number of hydrogen-bond acceptors (Lipinski definition) is 2. The van der Waals surface area contributed by atoms with Crippen LogP contribution in [-0.4, -0.2) is 12.1 Å². The molecule has 1 N–H and O–H groups in total. The van der Waals surface area contributed by atoms with Crippen LogP contribution in [0.1, 0.15) is 15.9 Å². The van der Waals surface area contributed by atoms with E-state index in [1.54, 1.807) is 18.3 Å². The highest BCUT2D eigenvalue weighted by atomic mass is 79.9. The van der Waals surface area contributed by atoms with E-state index in [2.05, 4.69) is 26.5 Å². The second-order valence-electron chi connectivity index (χ2n) is 3.59. The number of nitrogens with zero attached hydrogens (tertiary/aromatic N) is 1. The second kappa shape index (κ2) is 6.12. The highest BCUT2D eigenvalue weighted by Crippen LogP contribution is 2.15. The fourth-order valence-corrected chi connectivity index (χ4v) is 1.87. The van der Waals surface area contributed by atoms with Crippen molar-refractivity contribution >= 4 is 28.1 Å². The highest BCUT2D eigenvalue weighted by molar-refractivity contribution is 9.10. The molecule has 0 bridgehead atoms. The molecule has 2 aromatic rings. The van der Waals surface area contributed by atoms with Crippen molar-refractivity contribution in [2.24, 2.45) is 5.10 Å². The lowest BCUT2D eigenvalue weighted by molar-refractivity contribution is 0.0954. The Balaban J connectivity index is 2.01. The van der Waals surface area contributed by atoms with Crippen molar-refractivity contribution in [2.75, 3.05) is 0 Å². The van der Waals surface area contributed by atoms with Gasteiger partial charge in [-0.25, -0.2) is 5.43 Å². The van der Waals surface area contributed by atoms with Gasteiger partial charge in [0.05, 0.1) is 11.8 Å². The number of carbonyl (C=O) groups is 1. The van der Waals surface area contributed by atoms with Crippen molar-refractivity contribution < 1.29 is 4.79 Å². The third-order valence-electron chi connectivity index (χ3n) is 2.30. The van der Waals surface area contributed by atoms with Crippen LogP contribution in [0.2, 0.25) is 0 Å². The van der Waals surface area contributed by atoms with Crippen molar-refractivity contribution in [3.05, 3.63) is 70.2 Å². The van der Waals surface area contributed by atoms with Crippen LogP contribution in [0.25, 0.3) is 0 Å². The van der Waals surface area contributed by atoms with E-state index >= 15 is 0 Å². The molecule has 2 rings (SSSR count). The van der Waals surface area contributed by atoms with Crippen LogP contribution in [-0.2, 0) is 0 Å². The maximum Gasteiger partial charge on any atom is 0.272 e. The lowest BCUT2D eigenvalue weighted by Crippen LogP contribution is -2.17. The monoisotopic (exact) mass is 302 g/mol. The first-order chi connectivity index (χ1) is 8.77. The van der Waals surface area contributed by atoms with Crippen LogP contribution in [0.15, 0.2) is 64.2 Å². The Kier molecular flexibility index (Phi) is 4.25. The minimum atomic E-state index is -0.241. The van der Waals surface area contributed by atoms with Crippen LogP contribution >= 0.6 is 15.9 Å². The van der Waals surface area contributed by atoms with Gasteiger partial charge in [0.15, 0.2) is 0 Å². The van der Waals surface area contributed by atoms with Gasteiger partial charge in [0.1, 0.15) is 0 Å². The Morgan fingerprint density at radius 1 is 1.06 bits per heavy atom. The maximum absolute atomic E-state index is 11.8. The molecule has 0 radical (unpaired) electrons. The first kappa shape index (κ1) is 12.5. The van der Waals surface area contributed by atoms with Crippen molar-refractivity contribution in [3.8, 4) is 0 Å². The lowest BCUT2D eigenvalue weighted by Gasteiger charge is -2.01. The van der Waals surface area contributed by atoms with Gasteiger partial charge in [-0.3, -0.25) is 4.79 Å². The van der Waals surface area contributed by atoms with Crippen LogP contribution in [0, 0.1) is 0 Å². The number of nitrogens with one attached hydrogen (secondary N) is 1. The van der Waals surface area contributed by atoms with Crippen LogP contribution in [0.4, 0.5) is 0 Å². The molecule has 0 fully saturated rings. The van der Waals surface area contributed by atoms with E-state index < -0.39 is 0 Å². The molecule has 3 nitrogen and oxygen atoms in total. The average Bonchev–Trinajstić information content (AvgIpc) is 2.40. The van der Waals surface area contributed by atoms with Gasteiger partial charge in [-0.1, -0.05) is 42.5 Å². The molecule has 1 amide bonds. The summed E-state index contributed by atoms with van der Waals surface area (Å²) < 4.78 is 0.748. The third kappa shape index (κ3) is 3.28. The molecule has 4 heteroatoms.